The number of nitro benzene ring substituents is 1. The van der Waals surface area contributed by atoms with E-state index in [2.05, 4.69) is 10.0 Å². The van der Waals surface area contributed by atoms with Crippen LogP contribution < -0.4 is 10.0 Å². The summed E-state index contributed by atoms with van der Waals surface area (Å²) in [6.45, 7) is 2.97. The number of nitrogens with zero attached hydrogens (tertiary/aromatic N) is 1. The molecule has 2 rings (SSSR count). The van der Waals surface area contributed by atoms with Gasteiger partial charge in [0.15, 0.2) is 0 Å². The van der Waals surface area contributed by atoms with Gasteiger partial charge in [0.1, 0.15) is 5.82 Å². The van der Waals surface area contributed by atoms with Crippen LogP contribution >= 0.6 is 0 Å². The molecule has 0 heterocycles. The molecule has 10 heteroatoms. The zero-order chi connectivity index (χ0) is 19.5. The fraction of sp³-hybridized carbons (Fsp3) is 0.188. The van der Waals surface area contributed by atoms with Crippen molar-refractivity contribution in [3.63, 3.8) is 0 Å². The molecule has 0 aliphatic heterocycles. The molecule has 26 heavy (non-hydrogen) atoms. The number of halogens is 1. The Labute approximate surface area is 149 Å². The van der Waals surface area contributed by atoms with E-state index in [4.69, 9.17) is 0 Å². The number of amides is 1. The van der Waals surface area contributed by atoms with Crippen LogP contribution in [0.25, 0.3) is 0 Å². The number of hydrogen-bond acceptors (Lipinski definition) is 5. The molecule has 1 atom stereocenters. The summed E-state index contributed by atoms with van der Waals surface area (Å²) < 4.78 is 39.5. The maximum Gasteiger partial charge on any atom is 0.271 e. The summed E-state index contributed by atoms with van der Waals surface area (Å²) in [4.78, 5) is 22.3. The molecule has 0 saturated carbocycles. The lowest BCUT2D eigenvalue weighted by molar-refractivity contribution is -0.384. The predicted octanol–water partition coefficient (Wildman–Crippen LogP) is 2.35. The lowest BCUT2D eigenvalue weighted by atomic mass is 10.1. The molecule has 0 fully saturated rings. The molecular weight excluding hydrogens is 365 g/mol. The molecule has 0 bridgehead atoms. The highest BCUT2D eigenvalue weighted by Gasteiger charge is 2.23. The minimum Gasteiger partial charge on any atom is -0.324 e. The second-order valence-corrected chi connectivity index (χ2v) is 7.26. The molecule has 2 aromatic rings. The standard InChI is InChI=1S/C16H16FN3O5S/c1-10-3-6-13(20(22)23)9-15(10)18-16(21)11(2)19-26(24,25)14-7-4-12(17)5-8-14/h3-9,11,19H,1-2H3,(H,18,21)/t11-/m1/s1. The fourth-order valence-electron chi connectivity index (χ4n) is 2.07. The highest BCUT2D eigenvalue weighted by atomic mass is 32.2. The Bertz CT molecular complexity index is 945. The van der Waals surface area contributed by atoms with Gasteiger partial charge in [0.2, 0.25) is 15.9 Å². The van der Waals surface area contributed by atoms with Crippen LogP contribution in [0.5, 0.6) is 0 Å². The minimum atomic E-state index is -4.03. The first-order valence-corrected chi connectivity index (χ1v) is 8.92. The largest absolute Gasteiger partial charge is 0.324 e. The summed E-state index contributed by atoms with van der Waals surface area (Å²) in [5, 5.41) is 13.3. The molecule has 0 radical (unpaired) electrons. The van der Waals surface area contributed by atoms with E-state index in [0.29, 0.717) is 5.56 Å². The first-order chi connectivity index (χ1) is 12.1. The van der Waals surface area contributed by atoms with Crippen LogP contribution in [0.2, 0.25) is 0 Å². The molecule has 138 valence electrons. The van der Waals surface area contributed by atoms with Crippen molar-refractivity contribution in [3.05, 3.63) is 64.0 Å². The smallest absolute Gasteiger partial charge is 0.271 e. The quantitative estimate of drug-likeness (QED) is 0.588. The van der Waals surface area contributed by atoms with Crippen molar-refractivity contribution in [3.8, 4) is 0 Å². The van der Waals surface area contributed by atoms with Gasteiger partial charge in [-0.15, -0.1) is 0 Å². The van der Waals surface area contributed by atoms with Crippen molar-refractivity contribution in [2.75, 3.05) is 5.32 Å². The Kier molecular flexibility index (Phi) is 5.68. The highest BCUT2D eigenvalue weighted by Crippen LogP contribution is 2.22. The van der Waals surface area contributed by atoms with Gasteiger partial charge < -0.3 is 5.32 Å². The number of carbonyl (C=O) groups is 1. The van der Waals surface area contributed by atoms with E-state index in [1.807, 2.05) is 0 Å². The van der Waals surface area contributed by atoms with Gasteiger partial charge in [0, 0.05) is 12.1 Å². The number of anilines is 1. The SMILES string of the molecule is Cc1ccc([N+](=O)[O-])cc1NC(=O)[C@@H](C)NS(=O)(=O)c1ccc(F)cc1. The zero-order valence-electron chi connectivity index (χ0n) is 13.9. The van der Waals surface area contributed by atoms with Crippen molar-refractivity contribution >= 4 is 27.3 Å². The van der Waals surface area contributed by atoms with Gasteiger partial charge >= 0.3 is 0 Å². The molecule has 8 nitrogen and oxygen atoms in total. The number of aryl methyl sites for hydroxylation is 1. The third-order valence-corrected chi connectivity index (χ3v) is 5.10. The Balaban J connectivity index is 2.14. The zero-order valence-corrected chi connectivity index (χ0v) is 14.7. The van der Waals surface area contributed by atoms with Crippen LogP contribution in [0.3, 0.4) is 0 Å². The molecule has 0 aliphatic carbocycles. The molecule has 0 saturated heterocycles. The average molecular weight is 381 g/mol. The lowest BCUT2D eigenvalue weighted by Gasteiger charge is -2.15. The molecular formula is C16H16FN3O5S. The van der Waals surface area contributed by atoms with Crippen LogP contribution in [-0.2, 0) is 14.8 Å². The molecule has 1 amide bonds. The molecule has 0 aromatic heterocycles. The van der Waals surface area contributed by atoms with E-state index in [9.17, 15) is 27.7 Å². The molecule has 0 aliphatic rings. The molecule has 0 unspecified atom stereocenters. The van der Waals surface area contributed by atoms with Crippen LogP contribution in [0.1, 0.15) is 12.5 Å². The Morgan fingerprint density at radius 3 is 2.38 bits per heavy atom. The van der Waals surface area contributed by atoms with Crippen LogP contribution in [0.4, 0.5) is 15.8 Å². The first kappa shape index (κ1) is 19.5. The van der Waals surface area contributed by atoms with Crippen molar-refractivity contribution in [1.29, 1.82) is 0 Å². The third-order valence-electron chi connectivity index (χ3n) is 3.54. The van der Waals surface area contributed by atoms with Gasteiger partial charge in [-0.25, -0.2) is 12.8 Å². The van der Waals surface area contributed by atoms with Crippen molar-refractivity contribution in [1.82, 2.24) is 4.72 Å². The molecule has 2 N–H and O–H groups in total. The Morgan fingerprint density at radius 1 is 1.19 bits per heavy atom. The topological polar surface area (TPSA) is 118 Å². The number of non-ortho nitro benzene ring substituents is 1. The summed E-state index contributed by atoms with van der Waals surface area (Å²) in [6, 6.07) is 6.93. The summed E-state index contributed by atoms with van der Waals surface area (Å²) >= 11 is 0. The number of nitro groups is 1. The predicted molar refractivity (Wildman–Crippen MR) is 92.6 cm³/mol. The van der Waals surface area contributed by atoms with E-state index < -0.39 is 32.7 Å². The van der Waals surface area contributed by atoms with Gasteiger partial charge in [-0.2, -0.15) is 4.72 Å². The van der Waals surface area contributed by atoms with Crippen molar-refractivity contribution < 1.29 is 22.5 Å². The third kappa shape index (κ3) is 4.61. The molecule has 0 spiro atoms. The van der Waals surface area contributed by atoms with Gasteiger partial charge in [-0.1, -0.05) is 6.07 Å². The van der Waals surface area contributed by atoms with E-state index in [0.717, 1.165) is 24.3 Å². The average Bonchev–Trinajstić information content (AvgIpc) is 2.56. The van der Waals surface area contributed by atoms with E-state index in [1.54, 1.807) is 6.92 Å². The summed E-state index contributed by atoms with van der Waals surface area (Å²) in [5.74, 6) is -1.28. The van der Waals surface area contributed by atoms with Crippen LogP contribution in [0, 0.1) is 22.9 Å². The molecule has 2 aromatic carbocycles. The van der Waals surface area contributed by atoms with Gasteiger partial charge in [0.05, 0.1) is 21.5 Å². The number of hydrogen-bond donors (Lipinski definition) is 2. The maximum atomic E-state index is 12.9. The van der Waals surface area contributed by atoms with Crippen molar-refractivity contribution in [2.45, 2.75) is 24.8 Å². The van der Waals surface area contributed by atoms with Gasteiger partial charge in [-0.05, 0) is 43.7 Å². The van der Waals surface area contributed by atoms with Crippen molar-refractivity contribution in [2.24, 2.45) is 0 Å². The van der Waals surface area contributed by atoms with Crippen LogP contribution in [-0.4, -0.2) is 25.3 Å². The number of rotatable bonds is 6. The summed E-state index contributed by atoms with van der Waals surface area (Å²) in [6.07, 6.45) is 0. The van der Waals surface area contributed by atoms with E-state index in [1.165, 1.54) is 25.1 Å². The van der Waals surface area contributed by atoms with Gasteiger partial charge in [0.25, 0.3) is 5.69 Å². The highest BCUT2D eigenvalue weighted by molar-refractivity contribution is 7.89. The number of carbonyl (C=O) groups excluding carboxylic acids is 1. The minimum absolute atomic E-state index is 0.190. The van der Waals surface area contributed by atoms with E-state index in [-0.39, 0.29) is 16.3 Å². The Hall–Kier alpha value is -2.85. The Morgan fingerprint density at radius 2 is 1.81 bits per heavy atom. The van der Waals surface area contributed by atoms with Crippen LogP contribution in [0.15, 0.2) is 47.4 Å². The van der Waals surface area contributed by atoms with Gasteiger partial charge in [-0.3, -0.25) is 14.9 Å². The van der Waals surface area contributed by atoms with E-state index >= 15 is 0 Å². The summed E-state index contributed by atoms with van der Waals surface area (Å²) in [5.41, 5.74) is 0.583. The second kappa shape index (κ2) is 7.58. The normalized spacial score (nSPS) is 12.4. The number of benzene rings is 2. The second-order valence-electron chi connectivity index (χ2n) is 5.54. The monoisotopic (exact) mass is 381 g/mol. The maximum absolute atomic E-state index is 12.9. The number of nitrogens with one attached hydrogen (secondary N) is 2. The summed E-state index contributed by atoms with van der Waals surface area (Å²) in [7, 11) is -4.03. The number of sulfonamides is 1. The first-order valence-electron chi connectivity index (χ1n) is 7.44. The lowest BCUT2D eigenvalue weighted by Crippen LogP contribution is -2.41. The fourth-order valence-corrected chi connectivity index (χ4v) is 3.27.